The lowest BCUT2D eigenvalue weighted by atomic mass is 10.2. The van der Waals surface area contributed by atoms with Crippen molar-refractivity contribution in [1.29, 1.82) is 0 Å². The minimum atomic E-state index is -0.494. The molecular formula is C24H41N5O3. The van der Waals surface area contributed by atoms with Crippen LogP contribution in [0.3, 0.4) is 0 Å². The molecule has 0 aromatic heterocycles. The Kier molecular flexibility index (Phi) is 10.1. The van der Waals surface area contributed by atoms with Crippen molar-refractivity contribution < 1.29 is 14.3 Å². The number of hydrogen-bond donors (Lipinski definition) is 2. The van der Waals surface area contributed by atoms with Crippen molar-refractivity contribution in [3.8, 4) is 5.75 Å². The Morgan fingerprint density at radius 2 is 1.97 bits per heavy atom. The molecule has 0 spiro atoms. The number of carbonyl (C=O) groups excluding carboxylic acids is 1. The van der Waals surface area contributed by atoms with Crippen LogP contribution >= 0.6 is 0 Å². The fourth-order valence-corrected chi connectivity index (χ4v) is 3.40. The largest absolute Gasteiger partial charge is 0.494 e. The van der Waals surface area contributed by atoms with E-state index in [9.17, 15) is 4.79 Å². The zero-order valence-corrected chi connectivity index (χ0v) is 20.6. The summed E-state index contributed by atoms with van der Waals surface area (Å²) in [4.78, 5) is 21.2. The second-order valence-corrected chi connectivity index (χ2v) is 9.40. The molecule has 1 saturated heterocycles. The van der Waals surface area contributed by atoms with E-state index in [-0.39, 0.29) is 12.1 Å². The fraction of sp³-hybridized carbons (Fsp3) is 0.667. The number of guanidine groups is 1. The predicted octanol–water partition coefficient (Wildman–Crippen LogP) is 3.08. The van der Waals surface area contributed by atoms with Gasteiger partial charge in [-0.15, -0.1) is 0 Å². The van der Waals surface area contributed by atoms with Crippen LogP contribution in [0.1, 0.15) is 46.1 Å². The van der Waals surface area contributed by atoms with Crippen LogP contribution in [0.2, 0.25) is 0 Å². The van der Waals surface area contributed by atoms with Crippen LogP contribution in [0.5, 0.6) is 5.75 Å². The quantitative estimate of drug-likeness (QED) is 0.344. The molecule has 0 radical (unpaired) electrons. The van der Waals surface area contributed by atoms with Gasteiger partial charge in [0.1, 0.15) is 11.4 Å². The van der Waals surface area contributed by atoms with Crippen LogP contribution in [0.15, 0.2) is 29.3 Å². The summed E-state index contributed by atoms with van der Waals surface area (Å²) in [6, 6.07) is 8.18. The summed E-state index contributed by atoms with van der Waals surface area (Å²) in [5.74, 6) is 1.75. The van der Waals surface area contributed by atoms with Crippen LogP contribution in [-0.2, 0) is 11.3 Å². The first-order valence-corrected chi connectivity index (χ1v) is 11.6. The number of nitrogens with one attached hydrogen (secondary N) is 2. The van der Waals surface area contributed by atoms with Gasteiger partial charge in [-0.2, -0.15) is 0 Å². The van der Waals surface area contributed by atoms with E-state index in [1.807, 2.05) is 32.9 Å². The molecule has 8 nitrogen and oxygen atoms in total. The molecule has 180 valence electrons. The first-order chi connectivity index (χ1) is 15.2. The van der Waals surface area contributed by atoms with E-state index in [1.165, 1.54) is 0 Å². The lowest BCUT2D eigenvalue weighted by Gasteiger charge is -2.23. The number of aliphatic imine (C=N–C) groups is 1. The zero-order valence-electron chi connectivity index (χ0n) is 20.6. The lowest BCUT2D eigenvalue weighted by Crippen LogP contribution is -2.44. The number of rotatable bonds is 9. The van der Waals surface area contributed by atoms with Gasteiger partial charge in [0.05, 0.1) is 19.2 Å². The molecular weight excluding hydrogens is 406 g/mol. The van der Waals surface area contributed by atoms with Crippen LogP contribution in [0.4, 0.5) is 4.79 Å². The molecule has 1 aromatic rings. The van der Waals surface area contributed by atoms with Crippen LogP contribution < -0.4 is 15.4 Å². The molecule has 0 bridgehead atoms. The van der Waals surface area contributed by atoms with E-state index in [2.05, 4.69) is 53.6 Å². The molecule has 1 heterocycles. The summed E-state index contributed by atoms with van der Waals surface area (Å²) in [7, 11) is 4.13. The molecule has 8 heteroatoms. The Balaban J connectivity index is 1.85. The third-order valence-electron chi connectivity index (χ3n) is 4.90. The van der Waals surface area contributed by atoms with Gasteiger partial charge in [0, 0.05) is 26.2 Å². The number of benzene rings is 1. The average molecular weight is 448 g/mol. The Morgan fingerprint density at radius 1 is 1.25 bits per heavy atom. The van der Waals surface area contributed by atoms with E-state index in [1.54, 1.807) is 0 Å². The molecule has 32 heavy (non-hydrogen) atoms. The molecule has 1 atom stereocenters. The van der Waals surface area contributed by atoms with Gasteiger partial charge in [-0.25, -0.2) is 9.79 Å². The van der Waals surface area contributed by atoms with Gasteiger partial charge in [0.15, 0.2) is 5.96 Å². The zero-order chi connectivity index (χ0) is 23.6. The highest BCUT2D eigenvalue weighted by Gasteiger charge is 2.27. The lowest BCUT2D eigenvalue weighted by molar-refractivity contribution is 0.0507. The number of alkyl carbamates (subject to hydrolysis) is 1. The third kappa shape index (κ3) is 9.77. The summed E-state index contributed by atoms with van der Waals surface area (Å²) in [6.45, 7) is 12.3. The van der Waals surface area contributed by atoms with Gasteiger partial charge >= 0.3 is 6.09 Å². The SMILES string of the molecule is CCNC(=NCc1ccc(OCCCN(C)C)cc1)N1CCC(NC(=O)OC(C)(C)C)C1. The molecule has 1 fully saturated rings. The Hall–Kier alpha value is -2.48. The molecule has 2 N–H and O–H groups in total. The van der Waals surface area contributed by atoms with Crippen molar-refractivity contribution in [3.63, 3.8) is 0 Å². The highest BCUT2D eigenvalue weighted by atomic mass is 16.6. The molecule has 2 rings (SSSR count). The molecule has 1 aromatic carbocycles. The summed E-state index contributed by atoms with van der Waals surface area (Å²) >= 11 is 0. The van der Waals surface area contributed by atoms with Crippen molar-refractivity contribution in [1.82, 2.24) is 20.4 Å². The second-order valence-electron chi connectivity index (χ2n) is 9.40. The topological polar surface area (TPSA) is 78.4 Å². The molecule has 0 saturated carbocycles. The van der Waals surface area contributed by atoms with Gasteiger partial charge < -0.3 is 29.9 Å². The minimum absolute atomic E-state index is 0.0534. The van der Waals surface area contributed by atoms with Crippen molar-refractivity contribution >= 4 is 12.1 Å². The van der Waals surface area contributed by atoms with Crippen LogP contribution in [0.25, 0.3) is 0 Å². The standard InChI is InChI=1S/C24H41N5O3/c1-7-25-22(29-15-13-20(18-29)27-23(30)32-24(2,3)4)26-17-19-9-11-21(12-10-19)31-16-8-14-28(5)6/h9-12,20H,7-8,13-18H2,1-6H3,(H,25,26)(H,27,30). The third-order valence-corrected chi connectivity index (χ3v) is 4.90. The van der Waals surface area contributed by atoms with Gasteiger partial charge in [-0.05, 0) is 72.3 Å². The first-order valence-electron chi connectivity index (χ1n) is 11.6. The van der Waals surface area contributed by atoms with Crippen LogP contribution in [0, 0.1) is 0 Å². The van der Waals surface area contributed by atoms with E-state index in [0.717, 1.165) is 49.7 Å². The van der Waals surface area contributed by atoms with Crippen molar-refractivity contribution in [2.75, 3.05) is 46.9 Å². The van der Waals surface area contributed by atoms with E-state index in [4.69, 9.17) is 14.5 Å². The average Bonchev–Trinajstić information content (AvgIpc) is 3.16. The number of amides is 1. The van der Waals surface area contributed by atoms with Crippen molar-refractivity contribution in [2.45, 2.75) is 58.7 Å². The maximum Gasteiger partial charge on any atom is 0.407 e. The summed E-state index contributed by atoms with van der Waals surface area (Å²) < 4.78 is 11.2. The van der Waals surface area contributed by atoms with E-state index < -0.39 is 5.60 Å². The van der Waals surface area contributed by atoms with Crippen LogP contribution in [-0.4, -0.2) is 80.4 Å². The Bertz CT molecular complexity index is 728. The molecule has 1 amide bonds. The Morgan fingerprint density at radius 3 is 2.59 bits per heavy atom. The molecule has 0 aliphatic carbocycles. The minimum Gasteiger partial charge on any atom is -0.494 e. The summed E-state index contributed by atoms with van der Waals surface area (Å²) in [5, 5.41) is 6.33. The number of hydrogen-bond acceptors (Lipinski definition) is 5. The van der Waals surface area contributed by atoms with Gasteiger partial charge in [-0.1, -0.05) is 12.1 Å². The van der Waals surface area contributed by atoms with Crippen molar-refractivity contribution in [3.05, 3.63) is 29.8 Å². The first kappa shape index (κ1) is 25.8. The molecule has 1 unspecified atom stereocenters. The van der Waals surface area contributed by atoms with Gasteiger partial charge in [0.25, 0.3) is 0 Å². The van der Waals surface area contributed by atoms with E-state index in [0.29, 0.717) is 19.7 Å². The predicted molar refractivity (Wildman–Crippen MR) is 129 cm³/mol. The number of nitrogens with zero attached hydrogens (tertiary/aromatic N) is 3. The second kappa shape index (κ2) is 12.5. The molecule has 1 aliphatic rings. The number of ether oxygens (including phenoxy) is 2. The number of likely N-dealkylation sites (tertiary alicyclic amines) is 1. The normalized spacial score (nSPS) is 16.9. The highest BCUT2D eigenvalue weighted by Crippen LogP contribution is 2.15. The van der Waals surface area contributed by atoms with Crippen molar-refractivity contribution in [2.24, 2.45) is 4.99 Å². The summed E-state index contributed by atoms with van der Waals surface area (Å²) in [6.07, 6.45) is 1.50. The smallest absolute Gasteiger partial charge is 0.407 e. The highest BCUT2D eigenvalue weighted by molar-refractivity contribution is 5.80. The monoisotopic (exact) mass is 447 g/mol. The summed E-state index contributed by atoms with van der Waals surface area (Å²) in [5.41, 5.74) is 0.634. The molecule has 1 aliphatic heterocycles. The van der Waals surface area contributed by atoms with E-state index >= 15 is 0 Å². The van der Waals surface area contributed by atoms with Gasteiger partial charge in [-0.3, -0.25) is 0 Å². The fourth-order valence-electron chi connectivity index (χ4n) is 3.40. The maximum atomic E-state index is 12.1. The maximum absolute atomic E-state index is 12.1. The van der Waals surface area contributed by atoms with Gasteiger partial charge in [0.2, 0.25) is 0 Å². The Labute approximate surface area is 193 Å². The number of carbonyl (C=O) groups is 1.